The van der Waals surface area contributed by atoms with Crippen molar-refractivity contribution in [1.29, 1.82) is 0 Å². The Balaban J connectivity index is 1.59. The van der Waals surface area contributed by atoms with Gasteiger partial charge in [0.05, 0.1) is 7.11 Å². The predicted octanol–water partition coefficient (Wildman–Crippen LogP) is 3.48. The summed E-state index contributed by atoms with van der Waals surface area (Å²) >= 11 is 0. The minimum Gasteiger partial charge on any atom is -0.497 e. The van der Waals surface area contributed by atoms with Crippen LogP contribution in [0.15, 0.2) is 67.0 Å². The summed E-state index contributed by atoms with van der Waals surface area (Å²) in [6, 6.07) is 19.8. The number of rotatable bonds is 9. The van der Waals surface area contributed by atoms with Crippen molar-refractivity contribution in [1.82, 2.24) is 15.3 Å². The topological polar surface area (TPSA) is 67.4 Å². The molecule has 150 valence electrons. The van der Waals surface area contributed by atoms with E-state index >= 15 is 0 Å². The van der Waals surface area contributed by atoms with Crippen LogP contribution in [-0.2, 0) is 13.0 Å². The first-order chi connectivity index (χ1) is 14.2. The van der Waals surface area contributed by atoms with Crippen molar-refractivity contribution in [2.45, 2.75) is 19.9 Å². The Morgan fingerprint density at radius 2 is 1.79 bits per heavy atom. The lowest BCUT2D eigenvalue weighted by atomic mass is 10.1. The van der Waals surface area contributed by atoms with Crippen molar-refractivity contribution in [3.05, 3.63) is 83.8 Å². The van der Waals surface area contributed by atoms with E-state index in [-0.39, 0.29) is 5.91 Å². The highest BCUT2D eigenvalue weighted by atomic mass is 16.5. The van der Waals surface area contributed by atoms with Gasteiger partial charge in [-0.25, -0.2) is 9.97 Å². The van der Waals surface area contributed by atoms with E-state index in [2.05, 4.69) is 39.2 Å². The van der Waals surface area contributed by atoms with Gasteiger partial charge in [0.2, 0.25) is 0 Å². The molecule has 0 aliphatic heterocycles. The third-order valence-corrected chi connectivity index (χ3v) is 4.67. The van der Waals surface area contributed by atoms with Gasteiger partial charge in [-0.3, -0.25) is 4.79 Å². The number of anilines is 1. The second kappa shape index (κ2) is 10.2. The summed E-state index contributed by atoms with van der Waals surface area (Å²) < 4.78 is 5.16. The maximum atomic E-state index is 12.5. The van der Waals surface area contributed by atoms with Crippen LogP contribution in [0.1, 0.15) is 28.5 Å². The van der Waals surface area contributed by atoms with Gasteiger partial charge in [0.25, 0.3) is 5.91 Å². The number of benzene rings is 2. The molecule has 6 nitrogen and oxygen atoms in total. The molecule has 29 heavy (non-hydrogen) atoms. The molecule has 2 aromatic carbocycles. The largest absolute Gasteiger partial charge is 0.497 e. The average molecular weight is 390 g/mol. The van der Waals surface area contributed by atoms with Crippen LogP contribution in [-0.4, -0.2) is 36.1 Å². The van der Waals surface area contributed by atoms with E-state index in [1.807, 2.05) is 42.5 Å². The molecule has 1 N–H and O–H groups in total. The van der Waals surface area contributed by atoms with Crippen molar-refractivity contribution in [3.63, 3.8) is 0 Å². The first-order valence-corrected chi connectivity index (χ1v) is 9.71. The molecule has 0 saturated carbocycles. The molecule has 1 heterocycles. The standard InChI is InChI=1S/C23H26N4O2/c1-3-27(16-19-7-5-4-6-8-19)22-15-21(25-17-26-22)23(28)24-14-13-18-9-11-20(29-2)12-10-18/h4-12,15,17H,3,13-14,16H2,1-2H3,(H,24,28). The van der Waals surface area contributed by atoms with Crippen molar-refractivity contribution in [2.24, 2.45) is 0 Å². The Labute approximate surface area is 171 Å². The summed E-state index contributed by atoms with van der Waals surface area (Å²) in [5.41, 5.74) is 2.70. The van der Waals surface area contributed by atoms with Crippen LogP contribution < -0.4 is 15.0 Å². The lowest BCUT2D eigenvalue weighted by Crippen LogP contribution is -2.28. The van der Waals surface area contributed by atoms with Gasteiger partial charge in [0, 0.05) is 25.7 Å². The number of carbonyl (C=O) groups excluding carboxylic acids is 1. The van der Waals surface area contributed by atoms with Crippen molar-refractivity contribution >= 4 is 11.7 Å². The summed E-state index contributed by atoms with van der Waals surface area (Å²) in [5, 5.41) is 2.93. The van der Waals surface area contributed by atoms with Crippen LogP contribution in [0.4, 0.5) is 5.82 Å². The molecular formula is C23H26N4O2. The zero-order valence-corrected chi connectivity index (χ0v) is 16.8. The number of ether oxygens (including phenoxy) is 1. The van der Waals surface area contributed by atoms with E-state index in [0.717, 1.165) is 36.6 Å². The third-order valence-electron chi connectivity index (χ3n) is 4.67. The maximum absolute atomic E-state index is 12.5. The molecule has 0 aliphatic rings. The molecule has 0 radical (unpaired) electrons. The average Bonchev–Trinajstić information content (AvgIpc) is 2.78. The maximum Gasteiger partial charge on any atom is 0.270 e. The quantitative estimate of drug-likeness (QED) is 0.606. The Bertz CT molecular complexity index is 914. The van der Waals surface area contributed by atoms with Gasteiger partial charge in [-0.2, -0.15) is 0 Å². The number of hydrogen-bond donors (Lipinski definition) is 1. The number of nitrogens with zero attached hydrogens (tertiary/aromatic N) is 3. The number of nitrogens with one attached hydrogen (secondary N) is 1. The summed E-state index contributed by atoms with van der Waals surface area (Å²) in [6.45, 7) is 4.11. The number of hydrogen-bond acceptors (Lipinski definition) is 5. The van der Waals surface area contributed by atoms with Gasteiger partial charge in [-0.05, 0) is 36.6 Å². The molecular weight excluding hydrogens is 364 g/mol. The third kappa shape index (κ3) is 5.78. The number of methoxy groups -OCH3 is 1. The highest BCUT2D eigenvalue weighted by Crippen LogP contribution is 2.15. The Morgan fingerprint density at radius 1 is 1.03 bits per heavy atom. The fourth-order valence-electron chi connectivity index (χ4n) is 3.01. The van der Waals surface area contributed by atoms with Gasteiger partial charge in [0.1, 0.15) is 23.6 Å². The van der Waals surface area contributed by atoms with E-state index in [0.29, 0.717) is 12.2 Å². The second-order valence-corrected chi connectivity index (χ2v) is 6.62. The molecule has 0 unspecified atom stereocenters. The predicted molar refractivity (Wildman–Crippen MR) is 114 cm³/mol. The van der Waals surface area contributed by atoms with E-state index in [1.165, 1.54) is 11.9 Å². The zero-order chi connectivity index (χ0) is 20.5. The first-order valence-electron chi connectivity index (χ1n) is 9.71. The van der Waals surface area contributed by atoms with Crippen molar-refractivity contribution < 1.29 is 9.53 Å². The molecule has 0 spiro atoms. The molecule has 0 atom stereocenters. The SMILES string of the molecule is CCN(Cc1ccccc1)c1cc(C(=O)NCCc2ccc(OC)cc2)ncn1. The van der Waals surface area contributed by atoms with Crippen molar-refractivity contribution in [3.8, 4) is 5.75 Å². The normalized spacial score (nSPS) is 10.4. The summed E-state index contributed by atoms with van der Waals surface area (Å²) in [7, 11) is 1.64. The van der Waals surface area contributed by atoms with E-state index < -0.39 is 0 Å². The molecule has 0 aliphatic carbocycles. The molecule has 6 heteroatoms. The first kappa shape index (κ1) is 20.3. The van der Waals surface area contributed by atoms with Crippen LogP contribution >= 0.6 is 0 Å². The van der Waals surface area contributed by atoms with Gasteiger partial charge in [0.15, 0.2) is 0 Å². The smallest absolute Gasteiger partial charge is 0.270 e. The highest BCUT2D eigenvalue weighted by Gasteiger charge is 2.12. The highest BCUT2D eigenvalue weighted by molar-refractivity contribution is 5.92. The summed E-state index contributed by atoms with van der Waals surface area (Å²) in [4.78, 5) is 23.1. The minimum absolute atomic E-state index is 0.196. The van der Waals surface area contributed by atoms with Gasteiger partial charge in [-0.15, -0.1) is 0 Å². The van der Waals surface area contributed by atoms with Crippen LogP contribution in [0.5, 0.6) is 5.75 Å². The van der Waals surface area contributed by atoms with Crippen LogP contribution in [0, 0.1) is 0 Å². The van der Waals surface area contributed by atoms with Crippen LogP contribution in [0.25, 0.3) is 0 Å². The van der Waals surface area contributed by atoms with Crippen LogP contribution in [0.2, 0.25) is 0 Å². The minimum atomic E-state index is -0.196. The van der Waals surface area contributed by atoms with Crippen molar-refractivity contribution in [2.75, 3.05) is 25.1 Å². The fraction of sp³-hybridized carbons (Fsp3) is 0.261. The summed E-state index contributed by atoms with van der Waals surface area (Å²) in [5.74, 6) is 1.37. The van der Waals surface area contributed by atoms with Gasteiger partial charge >= 0.3 is 0 Å². The number of amides is 1. The zero-order valence-electron chi connectivity index (χ0n) is 16.8. The molecule has 0 fully saturated rings. The molecule has 3 rings (SSSR count). The lowest BCUT2D eigenvalue weighted by Gasteiger charge is -2.22. The number of carbonyl (C=O) groups is 1. The van der Waals surface area contributed by atoms with E-state index in [9.17, 15) is 4.79 Å². The Kier molecular flexibility index (Phi) is 7.16. The number of aromatic nitrogens is 2. The molecule has 0 bridgehead atoms. The Hall–Kier alpha value is -3.41. The van der Waals surface area contributed by atoms with E-state index in [1.54, 1.807) is 13.2 Å². The Morgan fingerprint density at radius 3 is 2.48 bits per heavy atom. The molecule has 3 aromatic rings. The molecule has 1 aromatic heterocycles. The summed E-state index contributed by atoms with van der Waals surface area (Å²) in [6.07, 6.45) is 2.18. The molecule has 0 saturated heterocycles. The molecule has 1 amide bonds. The fourth-order valence-corrected chi connectivity index (χ4v) is 3.01. The van der Waals surface area contributed by atoms with Gasteiger partial charge in [-0.1, -0.05) is 42.5 Å². The van der Waals surface area contributed by atoms with E-state index in [4.69, 9.17) is 4.74 Å². The van der Waals surface area contributed by atoms with Gasteiger partial charge < -0.3 is 15.0 Å². The second-order valence-electron chi connectivity index (χ2n) is 6.62. The monoisotopic (exact) mass is 390 g/mol. The van der Waals surface area contributed by atoms with Crippen LogP contribution in [0.3, 0.4) is 0 Å². The lowest BCUT2D eigenvalue weighted by molar-refractivity contribution is 0.0949.